The van der Waals surface area contributed by atoms with Crippen molar-refractivity contribution in [3.63, 3.8) is 0 Å². The minimum absolute atomic E-state index is 0.881. The summed E-state index contributed by atoms with van der Waals surface area (Å²) in [6.45, 7) is 0. The molecule has 0 unspecified atom stereocenters. The first-order valence-corrected chi connectivity index (χ1v) is 14.0. The number of benzene rings is 5. The second-order valence-electron chi connectivity index (χ2n) is 10.3. The van der Waals surface area contributed by atoms with Gasteiger partial charge in [-0.15, -0.1) is 0 Å². The summed E-state index contributed by atoms with van der Waals surface area (Å²) >= 11 is 0. The fraction of sp³-hybridized carbons (Fsp3) is 0. The molecular formula is C38H24N4. The summed E-state index contributed by atoms with van der Waals surface area (Å²) in [6.07, 6.45) is 1.82. The van der Waals surface area contributed by atoms with E-state index in [2.05, 4.69) is 96.0 Å². The molecule has 0 aliphatic heterocycles. The summed E-state index contributed by atoms with van der Waals surface area (Å²) in [5.74, 6) is 0. The van der Waals surface area contributed by atoms with Gasteiger partial charge in [0.05, 0.1) is 39.1 Å². The van der Waals surface area contributed by atoms with Gasteiger partial charge in [-0.25, -0.2) is 15.0 Å². The van der Waals surface area contributed by atoms with E-state index in [1.807, 2.05) is 54.7 Å². The van der Waals surface area contributed by atoms with E-state index in [1.54, 1.807) is 0 Å². The van der Waals surface area contributed by atoms with Gasteiger partial charge in [0.25, 0.3) is 0 Å². The smallest absolute Gasteiger partial charge is 0.0973 e. The maximum Gasteiger partial charge on any atom is 0.0973 e. The lowest BCUT2D eigenvalue weighted by molar-refractivity contribution is 1.29. The van der Waals surface area contributed by atoms with Gasteiger partial charge in [0.15, 0.2) is 0 Å². The first kappa shape index (κ1) is 24.1. The topological polar surface area (TPSA) is 51.6 Å². The fourth-order valence-electron chi connectivity index (χ4n) is 5.54. The number of fused-ring (bicyclic) bond motifs is 4. The minimum Gasteiger partial charge on any atom is -0.254 e. The SMILES string of the molecule is c1ccc(-c2nc3ccccc3nc2-c2ccc(-c3ccc(-c4ccc5ccc6cccnc6c5n4)cc3)cc2)cc1. The first-order chi connectivity index (χ1) is 20.8. The molecule has 3 aromatic heterocycles. The summed E-state index contributed by atoms with van der Waals surface area (Å²) in [4.78, 5) is 19.6. The molecule has 0 amide bonds. The summed E-state index contributed by atoms with van der Waals surface area (Å²) in [5, 5.41) is 2.19. The van der Waals surface area contributed by atoms with E-state index in [4.69, 9.17) is 15.0 Å². The highest BCUT2D eigenvalue weighted by molar-refractivity contribution is 6.03. The Kier molecular flexibility index (Phi) is 5.75. The van der Waals surface area contributed by atoms with Crippen molar-refractivity contribution in [3.05, 3.63) is 146 Å². The molecule has 8 aromatic rings. The van der Waals surface area contributed by atoms with Gasteiger partial charge in [-0.3, -0.25) is 4.98 Å². The molecule has 0 aliphatic carbocycles. The van der Waals surface area contributed by atoms with Crippen LogP contribution >= 0.6 is 0 Å². The van der Waals surface area contributed by atoms with Crippen LogP contribution in [0.25, 0.3) is 77.7 Å². The van der Waals surface area contributed by atoms with Gasteiger partial charge in [-0.05, 0) is 35.4 Å². The highest BCUT2D eigenvalue weighted by Crippen LogP contribution is 2.33. The van der Waals surface area contributed by atoms with Crippen LogP contribution in [0.5, 0.6) is 0 Å². The highest BCUT2D eigenvalue weighted by Gasteiger charge is 2.13. The van der Waals surface area contributed by atoms with Gasteiger partial charge >= 0.3 is 0 Å². The molecule has 0 spiro atoms. The Morgan fingerprint density at radius 1 is 0.333 bits per heavy atom. The van der Waals surface area contributed by atoms with Crippen molar-refractivity contribution < 1.29 is 0 Å². The van der Waals surface area contributed by atoms with E-state index in [0.717, 1.165) is 77.7 Å². The predicted octanol–water partition coefficient (Wildman–Crippen LogP) is 9.39. The predicted molar refractivity (Wildman–Crippen MR) is 172 cm³/mol. The summed E-state index contributed by atoms with van der Waals surface area (Å²) in [7, 11) is 0. The van der Waals surface area contributed by atoms with Crippen LogP contribution in [-0.4, -0.2) is 19.9 Å². The molecule has 0 atom stereocenters. The van der Waals surface area contributed by atoms with Crippen LogP contribution in [0.4, 0.5) is 0 Å². The third-order valence-electron chi connectivity index (χ3n) is 7.72. The van der Waals surface area contributed by atoms with E-state index in [9.17, 15) is 0 Å². The lowest BCUT2D eigenvalue weighted by Gasteiger charge is -2.11. The minimum atomic E-state index is 0.881. The Balaban J connectivity index is 1.13. The summed E-state index contributed by atoms with van der Waals surface area (Å²) in [5.41, 5.74) is 11.8. The molecule has 3 heterocycles. The van der Waals surface area contributed by atoms with Gasteiger partial charge < -0.3 is 0 Å². The lowest BCUT2D eigenvalue weighted by Crippen LogP contribution is -1.95. The van der Waals surface area contributed by atoms with Crippen LogP contribution in [0, 0.1) is 0 Å². The lowest BCUT2D eigenvalue weighted by atomic mass is 9.98. The molecule has 0 saturated carbocycles. The third-order valence-corrected chi connectivity index (χ3v) is 7.72. The molecular weight excluding hydrogens is 512 g/mol. The molecule has 0 fully saturated rings. The van der Waals surface area contributed by atoms with E-state index < -0.39 is 0 Å². The van der Waals surface area contributed by atoms with Crippen molar-refractivity contribution in [2.75, 3.05) is 0 Å². The Morgan fingerprint density at radius 3 is 1.52 bits per heavy atom. The van der Waals surface area contributed by atoms with Gasteiger partial charge in [0.2, 0.25) is 0 Å². The highest BCUT2D eigenvalue weighted by atomic mass is 14.8. The molecule has 4 heteroatoms. The molecule has 8 rings (SSSR count). The molecule has 0 bridgehead atoms. The van der Waals surface area contributed by atoms with Crippen LogP contribution < -0.4 is 0 Å². The van der Waals surface area contributed by atoms with Crippen molar-refractivity contribution in [2.45, 2.75) is 0 Å². The standard InChI is InChI=1S/C38H24N4/c1-2-7-28(8-3-1)37-38(42-34-11-5-4-10-33(34)41-37)30-18-14-26(15-19-30)25-12-16-27(17-13-25)32-23-22-31-21-20-29-9-6-24-39-35(29)36(31)40-32/h1-24H. The van der Waals surface area contributed by atoms with E-state index in [1.165, 1.54) is 0 Å². The monoisotopic (exact) mass is 536 g/mol. The van der Waals surface area contributed by atoms with Crippen LogP contribution in [-0.2, 0) is 0 Å². The quantitative estimate of drug-likeness (QED) is 0.210. The number of aromatic nitrogens is 4. The van der Waals surface area contributed by atoms with Crippen LogP contribution in [0.15, 0.2) is 146 Å². The van der Waals surface area contributed by atoms with E-state index >= 15 is 0 Å². The number of nitrogens with zero attached hydrogens (tertiary/aromatic N) is 4. The fourth-order valence-corrected chi connectivity index (χ4v) is 5.54. The van der Waals surface area contributed by atoms with Crippen molar-refractivity contribution >= 4 is 32.8 Å². The molecule has 4 nitrogen and oxygen atoms in total. The maximum atomic E-state index is 5.04. The zero-order chi connectivity index (χ0) is 27.9. The summed E-state index contributed by atoms with van der Waals surface area (Å²) in [6, 6.07) is 47.9. The number of hydrogen-bond acceptors (Lipinski definition) is 4. The zero-order valence-corrected chi connectivity index (χ0v) is 22.6. The van der Waals surface area contributed by atoms with E-state index in [0.29, 0.717) is 0 Å². The Labute approximate surface area is 243 Å². The van der Waals surface area contributed by atoms with Crippen LogP contribution in [0.3, 0.4) is 0 Å². The van der Waals surface area contributed by atoms with Gasteiger partial charge in [0, 0.05) is 33.7 Å². The number of rotatable bonds is 4. The Hall–Kier alpha value is -5.74. The van der Waals surface area contributed by atoms with Gasteiger partial charge in [-0.1, -0.05) is 115 Å². The summed E-state index contributed by atoms with van der Waals surface area (Å²) < 4.78 is 0. The number of para-hydroxylation sites is 2. The molecule has 5 aromatic carbocycles. The van der Waals surface area contributed by atoms with E-state index in [-0.39, 0.29) is 0 Å². The third kappa shape index (κ3) is 4.27. The van der Waals surface area contributed by atoms with Crippen molar-refractivity contribution in [3.8, 4) is 44.9 Å². The van der Waals surface area contributed by atoms with Crippen molar-refractivity contribution in [2.24, 2.45) is 0 Å². The average Bonchev–Trinajstić information content (AvgIpc) is 3.08. The number of hydrogen-bond donors (Lipinski definition) is 0. The molecule has 196 valence electrons. The molecule has 0 aliphatic rings. The first-order valence-electron chi connectivity index (χ1n) is 14.0. The maximum absolute atomic E-state index is 5.04. The largest absolute Gasteiger partial charge is 0.254 e. The Bertz CT molecular complexity index is 2220. The van der Waals surface area contributed by atoms with Crippen molar-refractivity contribution in [1.29, 1.82) is 0 Å². The molecule has 0 N–H and O–H groups in total. The normalized spacial score (nSPS) is 11.3. The second-order valence-corrected chi connectivity index (χ2v) is 10.3. The van der Waals surface area contributed by atoms with Crippen LogP contribution in [0.1, 0.15) is 0 Å². The Morgan fingerprint density at radius 2 is 0.857 bits per heavy atom. The average molecular weight is 537 g/mol. The molecule has 0 saturated heterocycles. The van der Waals surface area contributed by atoms with Crippen LogP contribution in [0.2, 0.25) is 0 Å². The van der Waals surface area contributed by atoms with Gasteiger partial charge in [-0.2, -0.15) is 0 Å². The van der Waals surface area contributed by atoms with Crippen molar-refractivity contribution in [1.82, 2.24) is 19.9 Å². The second kappa shape index (κ2) is 10.0. The zero-order valence-electron chi connectivity index (χ0n) is 22.6. The van der Waals surface area contributed by atoms with Gasteiger partial charge in [0.1, 0.15) is 0 Å². The number of pyridine rings is 2. The molecule has 42 heavy (non-hydrogen) atoms. The molecule has 0 radical (unpaired) electrons.